The lowest BCUT2D eigenvalue weighted by Crippen LogP contribution is -2.65. The largest absolute Gasteiger partial charge is 0.434 e. The molecule has 12 heteroatoms. The van der Waals surface area contributed by atoms with Crippen LogP contribution in [0.2, 0.25) is 10.0 Å². The number of hydrogen-bond donors (Lipinski definition) is 2. The molecule has 1 aromatic carbocycles. The number of amides is 4. The average molecular weight is 442 g/mol. The molecule has 2 N–H and O–H groups in total. The highest BCUT2D eigenvalue weighted by atomic mass is 35.5. The SMILES string of the molecule is CC(C)=C1C=C(Oc2c(Cl)cc(N3NC(CF)C(=O)NC3=O)cc2Cl)N=NC1=O. The number of allylic oxidation sites excluding steroid dienone is 1. The number of imide groups is 1. The molecule has 2 aliphatic heterocycles. The van der Waals surface area contributed by atoms with Crippen molar-refractivity contribution in [2.75, 3.05) is 11.7 Å². The van der Waals surface area contributed by atoms with Crippen molar-refractivity contribution in [2.45, 2.75) is 19.9 Å². The summed E-state index contributed by atoms with van der Waals surface area (Å²) >= 11 is 12.5. The molecule has 2 heterocycles. The van der Waals surface area contributed by atoms with Crippen LogP contribution in [0, 0.1) is 0 Å². The Bertz CT molecular complexity index is 981. The first-order valence-corrected chi connectivity index (χ1v) is 8.96. The minimum absolute atomic E-state index is 0.00236. The number of anilines is 1. The number of hydrazine groups is 1. The van der Waals surface area contributed by atoms with Crippen LogP contribution in [0.5, 0.6) is 5.75 Å². The highest BCUT2D eigenvalue weighted by Gasteiger charge is 2.33. The van der Waals surface area contributed by atoms with Crippen LogP contribution in [-0.4, -0.2) is 30.6 Å². The number of alkyl halides is 1. The van der Waals surface area contributed by atoms with Crippen molar-refractivity contribution in [1.29, 1.82) is 0 Å². The van der Waals surface area contributed by atoms with Crippen LogP contribution in [0.15, 0.2) is 45.5 Å². The Hall–Kier alpha value is -2.82. The standard InChI is InChI=1S/C17H14Cl2FN5O4/c1-7(2)9-5-13(22-23-15(9)26)29-14-10(18)3-8(4-11(14)19)25-17(28)21-16(27)12(6-20)24-25/h3-5,12,24H,6H2,1-2H3,(H,21,27,28). The molecule has 1 atom stereocenters. The molecule has 0 bridgehead atoms. The fourth-order valence-corrected chi connectivity index (χ4v) is 3.02. The van der Waals surface area contributed by atoms with Crippen molar-refractivity contribution >= 4 is 46.7 Å². The van der Waals surface area contributed by atoms with Crippen LogP contribution < -0.4 is 20.5 Å². The Balaban J connectivity index is 1.89. The van der Waals surface area contributed by atoms with Crippen molar-refractivity contribution in [3.8, 4) is 5.75 Å². The molecule has 1 unspecified atom stereocenters. The summed E-state index contributed by atoms with van der Waals surface area (Å²) in [6, 6.07) is 0.590. The van der Waals surface area contributed by atoms with Crippen LogP contribution in [0.3, 0.4) is 0 Å². The van der Waals surface area contributed by atoms with E-state index in [2.05, 4.69) is 15.7 Å². The minimum atomic E-state index is -1.24. The first kappa shape index (κ1) is 20.9. The molecule has 4 amide bonds. The zero-order valence-electron chi connectivity index (χ0n) is 15.1. The quantitative estimate of drug-likeness (QED) is 0.694. The number of urea groups is 1. The van der Waals surface area contributed by atoms with Crippen molar-refractivity contribution in [1.82, 2.24) is 10.7 Å². The molecule has 0 spiro atoms. The first-order valence-electron chi connectivity index (χ1n) is 8.20. The van der Waals surface area contributed by atoms with Gasteiger partial charge >= 0.3 is 6.03 Å². The van der Waals surface area contributed by atoms with Gasteiger partial charge in [-0.15, -0.1) is 10.2 Å². The maximum atomic E-state index is 13.0. The lowest BCUT2D eigenvalue weighted by atomic mass is 10.1. The summed E-state index contributed by atoms with van der Waals surface area (Å²) in [4.78, 5) is 35.3. The number of nitrogens with one attached hydrogen (secondary N) is 2. The summed E-state index contributed by atoms with van der Waals surface area (Å²) in [5, 5.41) is 10.1. The molecular formula is C17H14Cl2FN5O4. The van der Waals surface area contributed by atoms with Gasteiger partial charge in [-0.3, -0.25) is 14.9 Å². The lowest BCUT2D eigenvalue weighted by molar-refractivity contribution is -0.123. The predicted molar refractivity (Wildman–Crippen MR) is 102 cm³/mol. The predicted octanol–water partition coefficient (Wildman–Crippen LogP) is 3.44. The second-order valence-corrected chi connectivity index (χ2v) is 7.02. The minimum Gasteiger partial charge on any atom is -0.434 e. The topological polar surface area (TPSA) is 112 Å². The van der Waals surface area contributed by atoms with Crippen LogP contribution in [0.25, 0.3) is 0 Å². The van der Waals surface area contributed by atoms with E-state index >= 15 is 0 Å². The van der Waals surface area contributed by atoms with Gasteiger partial charge in [0.1, 0.15) is 12.7 Å². The van der Waals surface area contributed by atoms with Gasteiger partial charge in [0, 0.05) is 11.6 Å². The van der Waals surface area contributed by atoms with Gasteiger partial charge in [0.25, 0.3) is 5.91 Å². The summed E-state index contributed by atoms with van der Waals surface area (Å²) in [6.07, 6.45) is 1.41. The average Bonchev–Trinajstić information content (AvgIpc) is 2.65. The van der Waals surface area contributed by atoms with Crippen molar-refractivity contribution in [3.05, 3.63) is 45.3 Å². The zero-order valence-corrected chi connectivity index (χ0v) is 16.6. The van der Waals surface area contributed by atoms with Gasteiger partial charge in [-0.2, -0.15) is 0 Å². The smallest absolute Gasteiger partial charge is 0.343 e. The lowest BCUT2D eigenvalue weighted by Gasteiger charge is -2.32. The van der Waals surface area contributed by atoms with E-state index in [-0.39, 0.29) is 27.4 Å². The fraction of sp³-hybridized carbons (Fsp3) is 0.235. The Morgan fingerprint density at radius 2 is 1.86 bits per heavy atom. The second-order valence-electron chi connectivity index (χ2n) is 6.21. The third-order valence-corrected chi connectivity index (χ3v) is 4.47. The zero-order chi connectivity index (χ0) is 21.3. The summed E-state index contributed by atoms with van der Waals surface area (Å²) in [5.41, 5.74) is 3.65. The molecule has 0 radical (unpaired) electrons. The van der Waals surface area contributed by atoms with Crippen molar-refractivity contribution in [3.63, 3.8) is 0 Å². The van der Waals surface area contributed by atoms with Gasteiger partial charge in [-0.25, -0.2) is 19.6 Å². The van der Waals surface area contributed by atoms with E-state index in [9.17, 15) is 18.8 Å². The van der Waals surface area contributed by atoms with Crippen LogP contribution in [0.4, 0.5) is 14.9 Å². The molecule has 0 aromatic heterocycles. The number of carbonyl (C=O) groups excluding carboxylic acids is 3. The van der Waals surface area contributed by atoms with Gasteiger partial charge in [-0.05, 0) is 26.0 Å². The molecule has 1 saturated heterocycles. The number of halogens is 3. The van der Waals surface area contributed by atoms with E-state index in [1.54, 1.807) is 13.8 Å². The summed E-state index contributed by atoms with van der Waals surface area (Å²) < 4.78 is 18.5. The Morgan fingerprint density at radius 1 is 1.21 bits per heavy atom. The van der Waals surface area contributed by atoms with E-state index in [1.807, 2.05) is 5.32 Å². The van der Waals surface area contributed by atoms with Crippen molar-refractivity contribution in [2.24, 2.45) is 10.2 Å². The third-order valence-electron chi connectivity index (χ3n) is 3.91. The normalized spacial score (nSPS) is 19.3. The number of benzene rings is 1. The molecule has 3 rings (SSSR count). The van der Waals surface area contributed by atoms with E-state index in [0.717, 1.165) is 10.6 Å². The second kappa shape index (κ2) is 8.27. The Kier molecular flexibility index (Phi) is 5.96. The summed E-state index contributed by atoms with van der Waals surface area (Å²) in [5.74, 6) is -1.27. The summed E-state index contributed by atoms with van der Waals surface area (Å²) in [7, 11) is 0. The maximum Gasteiger partial charge on any atom is 0.343 e. The number of azo groups is 1. The third kappa shape index (κ3) is 4.29. The molecule has 0 saturated carbocycles. The number of rotatable bonds is 4. The van der Waals surface area contributed by atoms with Crippen LogP contribution >= 0.6 is 23.2 Å². The highest BCUT2D eigenvalue weighted by molar-refractivity contribution is 6.37. The van der Waals surface area contributed by atoms with E-state index < -0.39 is 30.6 Å². The van der Waals surface area contributed by atoms with Gasteiger partial charge in [-0.1, -0.05) is 28.8 Å². The molecule has 1 fully saturated rings. The molecule has 0 aliphatic carbocycles. The molecular weight excluding hydrogens is 428 g/mol. The van der Waals surface area contributed by atoms with Crippen LogP contribution in [-0.2, 0) is 9.59 Å². The maximum absolute atomic E-state index is 13.0. The van der Waals surface area contributed by atoms with Gasteiger partial charge < -0.3 is 4.74 Å². The molecule has 2 aliphatic rings. The number of hydrogen-bond acceptors (Lipinski definition) is 6. The highest BCUT2D eigenvalue weighted by Crippen LogP contribution is 2.39. The van der Waals surface area contributed by atoms with Gasteiger partial charge in [0.2, 0.25) is 11.8 Å². The number of carbonyl (C=O) groups is 3. The molecule has 152 valence electrons. The number of ether oxygens (including phenoxy) is 1. The monoisotopic (exact) mass is 441 g/mol. The van der Waals surface area contributed by atoms with E-state index in [0.29, 0.717) is 5.57 Å². The first-order chi connectivity index (χ1) is 13.7. The molecule has 1 aromatic rings. The van der Waals surface area contributed by atoms with Crippen molar-refractivity contribution < 1.29 is 23.5 Å². The van der Waals surface area contributed by atoms with E-state index in [4.69, 9.17) is 27.9 Å². The number of nitrogens with zero attached hydrogens (tertiary/aromatic N) is 3. The van der Waals surface area contributed by atoms with Crippen LogP contribution in [0.1, 0.15) is 13.8 Å². The Morgan fingerprint density at radius 3 is 2.45 bits per heavy atom. The summed E-state index contributed by atoms with van der Waals surface area (Å²) in [6.45, 7) is 2.45. The van der Waals surface area contributed by atoms with Gasteiger partial charge in [0.05, 0.1) is 15.7 Å². The molecule has 29 heavy (non-hydrogen) atoms. The Labute approximate surface area is 174 Å². The van der Waals surface area contributed by atoms with E-state index in [1.165, 1.54) is 18.2 Å². The fourth-order valence-electron chi connectivity index (χ4n) is 2.47. The van der Waals surface area contributed by atoms with Gasteiger partial charge in [0.15, 0.2) is 5.75 Å². The molecule has 9 nitrogen and oxygen atoms in total.